The lowest BCUT2D eigenvalue weighted by Gasteiger charge is -2.54. The van der Waals surface area contributed by atoms with Crippen LogP contribution in [-0.2, 0) is 14.4 Å². The van der Waals surface area contributed by atoms with Crippen LogP contribution < -0.4 is 4.74 Å². The van der Waals surface area contributed by atoms with Crippen molar-refractivity contribution in [1.29, 1.82) is 0 Å². The monoisotopic (exact) mass is 505 g/mol. The lowest BCUT2D eigenvalue weighted by molar-refractivity contribution is -0.170. The highest BCUT2D eigenvalue weighted by molar-refractivity contribution is 7.16. The lowest BCUT2D eigenvalue weighted by atomic mass is 9.66. The molecular weight excluding hydrogens is 478 g/mol. The van der Waals surface area contributed by atoms with Gasteiger partial charge in [-0.15, -0.1) is 5.10 Å². The SMILES string of the molecule is O=C(O)CC(O)(CC(=O)O)C(=O)O.c1ccc(-c2nnc(OC3[C@H]4CC5C[C@H]3CN(C5)C4)s2)cc1. The van der Waals surface area contributed by atoms with Crippen molar-refractivity contribution in [2.24, 2.45) is 17.8 Å². The largest absolute Gasteiger partial charge is 0.481 e. The Bertz CT molecular complexity index is 1030. The molecule has 12 heteroatoms. The van der Waals surface area contributed by atoms with E-state index in [0.29, 0.717) is 17.9 Å². The molecule has 35 heavy (non-hydrogen) atoms. The summed E-state index contributed by atoms with van der Waals surface area (Å²) in [6.07, 6.45) is 0.734. The second-order valence-electron chi connectivity index (χ2n) is 9.38. The Kier molecular flexibility index (Phi) is 7.33. The fraction of sp³-hybridized carbons (Fsp3) is 0.522. The minimum Gasteiger partial charge on any atom is -0.481 e. The zero-order chi connectivity index (χ0) is 25.2. The second-order valence-corrected chi connectivity index (χ2v) is 10.3. The average Bonchev–Trinajstić information content (AvgIpc) is 3.24. The number of nitrogens with zero attached hydrogens (tertiary/aromatic N) is 3. The van der Waals surface area contributed by atoms with Crippen LogP contribution in [0.4, 0.5) is 0 Å². The molecule has 188 valence electrons. The fourth-order valence-corrected chi connectivity index (χ4v) is 6.08. The van der Waals surface area contributed by atoms with Crippen molar-refractivity contribution in [3.8, 4) is 15.8 Å². The van der Waals surface area contributed by atoms with E-state index in [2.05, 4.69) is 27.2 Å². The Labute approximate surface area is 205 Å². The molecule has 1 aromatic heterocycles. The van der Waals surface area contributed by atoms with Crippen molar-refractivity contribution >= 4 is 29.2 Å². The van der Waals surface area contributed by atoms with Gasteiger partial charge in [-0.25, -0.2) is 4.79 Å². The van der Waals surface area contributed by atoms with Crippen LogP contribution in [0.15, 0.2) is 30.3 Å². The molecule has 4 aliphatic rings. The van der Waals surface area contributed by atoms with E-state index < -0.39 is 36.4 Å². The van der Waals surface area contributed by atoms with Crippen molar-refractivity contribution in [3.63, 3.8) is 0 Å². The molecule has 0 spiro atoms. The maximum atomic E-state index is 10.3. The molecule has 0 radical (unpaired) electrons. The number of carboxylic acid groups (broad SMARTS) is 3. The van der Waals surface area contributed by atoms with Gasteiger partial charge in [0.15, 0.2) is 10.6 Å². The maximum Gasteiger partial charge on any atom is 0.336 e. The van der Waals surface area contributed by atoms with Crippen molar-refractivity contribution in [2.75, 3.05) is 19.6 Å². The van der Waals surface area contributed by atoms with Crippen LogP contribution in [0, 0.1) is 17.8 Å². The van der Waals surface area contributed by atoms with Crippen molar-refractivity contribution < 1.29 is 39.5 Å². The second kappa shape index (κ2) is 10.3. The van der Waals surface area contributed by atoms with E-state index in [1.54, 1.807) is 11.3 Å². The molecular formula is C23H27N3O8S. The summed E-state index contributed by atoms with van der Waals surface area (Å²) in [7, 11) is 0. The third-order valence-electron chi connectivity index (χ3n) is 6.65. The number of piperidine rings is 3. The summed E-state index contributed by atoms with van der Waals surface area (Å²) in [6.45, 7) is 3.74. The number of ether oxygens (including phenoxy) is 1. The van der Waals surface area contributed by atoms with Crippen molar-refractivity contribution in [2.45, 2.75) is 37.4 Å². The van der Waals surface area contributed by atoms with Gasteiger partial charge in [0.2, 0.25) is 0 Å². The zero-order valence-corrected chi connectivity index (χ0v) is 19.6. The van der Waals surface area contributed by atoms with Crippen LogP contribution in [0.1, 0.15) is 25.7 Å². The summed E-state index contributed by atoms with van der Waals surface area (Å²) >= 11 is 1.57. The van der Waals surface area contributed by atoms with Crippen LogP contribution in [0.3, 0.4) is 0 Å². The van der Waals surface area contributed by atoms with Crippen LogP contribution in [0.25, 0.3) is 10.6 Å². The van der Waals surface area contributed by atoms with E-state index in [9.17, 15) is 14.4 Å². The van der Waals surface area contributed by atoms with Gasteiger partial charge in [-0.3, -0.25) is 9.59 Å². The Morgan fingerprint density at radius 3 is 2.09 bits per heavy atom. The van der Waals surface area contributed by atoms with Gasteiger partial charge in [-0.2, -0.15) is 0 Å². The van der Waals surface area contributed by atoms with Crippen LogP contribution >= 0.6 is 11.3 Å². The molecule has 4 fully saturated rings. The van der Waals surface area contributed by atoms with Gasteiger partial charge in [-0.1, -0.05) is 46.8 Å². The summed E-state index contributed by atoms with van der Waals surface area (Å²) in [5, 5.41) is 44.1. The van der Waals surface area contributed by atoms with Gasteiger partial charge in [0.05, 0.1) is 12.8 Å². The maximum absolute atomic E-state index is 10.3. The summed E-state index contributed by atoms with van der Waals surface area (Å²) in [6, 6.07) is 10.2. The summed E-state index contributed by atoms with van der Waals surface area (Å²) in [4.78, 5) is 33.1. The molecule has 4 heterocycles. The zero-order valence-electron chi connectivity index (χ0n) is 18.8. The molecule has 4 bridgehead atoms. The fourth-order valence-electron chi connectivity index (χ4n) is 5.34. The van der Waals surface area contributed by atoms with Gasteiger partial charge in [-0.05, 0) is 18.8 Å². The Morgan fingerprint density at radius 1 is 0.971 bits per heavy atom. The normalized spacial score (nSPS) is 26.5. The van der Waals surface area contributed by atoms with Gasteiger partial charge < -0.3 is 30.1 Å². The van der Waals surface area contributed by atoms with E-state index in [1.165, 1.54) is 32.5 Å². The third kappa shape index (κ3) is 5.95. The van der Waals surface area contributed by atoms with Gasteiger partial charge >= 0.3 is 17.9 Å². The molecule has 2 atom stereocenters. The van der Waals surface area contributed by atoms with E-state index in [0.717, 1.165) is 21.7 Å². The summed E-state index contributed by atoms with van der Waals surface area (Å²) in [5.74, 6) is -2.73. The molecule has 1 aromatic carbocycles. The molecule has 1 aliphatic carbocycles. The molecule has 3 aliphatic heterocycles. The standard InChI is InChI=1S/C17H19N3OS.C6H8O7/c1-2-4-12(5-3-1)16-18-19-17(22-16)21-15-13-6-11-7-14(15)10-20(8-11)9-13;7-3(8)1-6(13,5(11)12)2-4(9)10/h1-5,11,13-15H,6-10H2;13H,1-2H2,(H,7,8)(H,9,10)(H,11,12)/t11?,13-,14-,15?;/m0./s1. The molecule has 4 N–H and O–H groups in total. The molecule has 0 amide bonds. The average molecular weight is 506 g/mol. The molecule has 11 nitrogen and oxygen atoms in total. The minimum atomic E-state index is -2.74. The smallest absolute Gasteiger partial charge is 0.336 e. The van der Waals surface area contributed by atoms with E-state index in [1.807, 2.05) is 18.2 Å². The molecule has 1 saturated carbocycles. The van der Waals surface area contributed by atoms with Crippen LogP contribution in [0.5, 0.6) is 5.19 Å². The summed E-state index contributed by atoms with van der Waals surface area (Å²) < 4.78 is 6.31. The van der Waals surface area contributed by atoms with Crippen LogP contribution in [-0.4, -0.2) is 84.8 Å². The van der Waals surface area contributed by atoms with Crippen molar-refractivity contribution in [1.82, 2.24) is 15.1 Å². The van der Waals surface area contributed by atoms with Gasteiger partial charge in [0, 0.05) is 37.0 Å². The molecule has 6 rings (SSSR count). The molecule has 0 unspecified atom stereocenters. The number of aromatic nitrogens is 2. The highest BCUT2D eigenvalue weighted by Crippen LogP contribution is 2.45. The Morgan fingerprint density at radius 2 is 1.57 bits per heavy atom. The number of aliphatic hydroxyl groups is 1. The number of aliphatic carboxylic acids is 3. The number of hydrogen-bond acceptors (Lipinski definition) is 9. The lowest BCUT2D eigenvalue weighted by Crippen LogP contribution is -2.61. The van der Waals surface area contributed by atoms with Crippen molar-refractivity contribution in [3.05, 3.63) is 30.3 Å². The number of carbonyl (C=O) groups is 3. The number of benzene rings is 1. The highest BCUT2D eigenvalue weighted by atomic mass is 32.1. The van der Waals surface area contributed by atoms with Gasteiger partial charge in [0.1, 0.15) is 6.10 Å². The van der Waals surface area contributed by atoms with E-state index >= 15 is 0 Å². The Hall–Kier alpha value is -3.09. The molecule has 2 aromatic rings. The quantitative estimate of drug-likeness (QED) is 0.411. The first-order valence-corrected chi connectivity index (χ1v) is 12.1. The first kappa shape index (κ1) is 25.0. The number of rotatable bonds is 8. The topological polar surface area (TPSA) is 170 Å². The minimum absolute atomic E-state index is 0.351. The highest BCUT2D eigenvalue weighted by Gasteiger charge is 2.49. The first-order valence-electron chi connectivity index (χ1n) is 11.3. The Balaban J connectivity index is 0.000000193. The van der Waals surface area contributed by atoms with Gasteiger partial charge in [0.25, 0.3) is 5.19 Å². The first-order chi connectivity index (χ1) is 16.6. The van der Waals surface area contributed by atoms with E-state index in [-0.39, 0.29) is 0 Å². The number of hydrogen-bond donors (Lipinski definition) is 4. The number of carboxylic acids is 3. The molecule has 3 saturated heterocycles. The predicted molar refractivity (Wildman–Crippen MR) is 123 cm³/mol. The summed E-state index contributed by atoms with van der Waals surface area (Å²) in [5.41, 5.74) is -1.62. The van der Waals surface area contributed by atoms with E-state index in [4.69, 9.17) is 25.2 Å². The third-order valence-corrected chi connectivity index (χ3v) is 7.52. The predicted octanol–water partition coefficient (Wildman–Crippen LogP) is 1.68. The van der Waals surface area contributed by atoms with Crippen LogP contribution in [0.2, 0.25) is 0 Å².